The van der Waals surface area contributed by atoms with Gasteiger partial charge in [0.1, 0.15) is 24.5 Å². The Hall–Kier alpha value is -2.90. The molecule has 0 spiro atoms. The van der Waals surface area contributed by atoms with Gasteiger partial charge in [0.25, 0.3) is 11.8 Å². The van der Waals surface area contributed by atoms with Crippen molar-refractivity contribution in [2.75, 3.05) is 39.4 Å². The number of morpholine rings is 1. The van der Waals surface area contributed by atoms with Gasteiger partial charge >= 0.3 is 0 Å². The molecule has 2 aromatic rings. The van der Waals surface area contributed by atoms with Crippen molar-refractivity contribution in [1.82, 2.24) is 10.6 Å². The van der Waals surface area contributed by atoms with E-state index in [-0.39, 0.29) is 17.5 Å². The van der Waals surface area contributed by atoms with E-state index >= 15 is 0 Å². The number of amides is 2. The van der Waals surface area contributed by atoms with Crippen LogP contribution in [0.3, 0.4) is 0 Å². The molecule has 7 nitrogen and oxygen atoms in total. The second-order valence-electron chi connectivity index (χ2n) is 7.19. The first-order chi connectivity index (χ1) is 14.0. The molecule has 1 aliphatic rings. The Kier molecular flexibility index (Phi) is 7.21. The maximum absolute atomic E-state index is 12.7. The van der Waals surface area contributed by atoms with Gasteiger partial charge < -0.3 is 24.7 Å². The summed E-state index contributed by atoms with van der Waals surface area (Å²) in [6.07, 6.45) is 3.06. The van der Waals surface area contributed by atoms with Gasteiger partial charge in [0.2, 0.25) is 0 Å². The summed E-state index contributed by atoms with van der Waals surface area (Å²) in [5, 5.41) is 5.62. The van der Waals surface area contributed by atoms with Crippen molar-refractivity contribution in [3.63, 3.8) is 0 Å². The summed E-state index contributed by atoms with van der Waals surface area (Å²) in [5.41, 5.74) is 2.78. The number of nitrogens with one attached hydrogen (secondary N) is 3. The van der Waals surface area contributed by atoms with Crippen molar-refractivity contribution in [2.24, 2.45) is 0 Å². The van der Waals surface area contributed by atoms with Crippen LogP contribution in [-0.4, -0.2) is 51.2 Å². The lowest BCUT2D eigenvalue weighted by Gasteiger charge is -2.23. The quantitative estimate of drug-likeness (QED) is 0.600. The first kappa shape index (κ1) is 20.8. The summed E-state index contributed by atoms with van der Waals surface area (Å²) in [5.74, 6) is -0.180. The molecule has 0 saturated carbocycles. The molecule has 0 atom stereocenters. The third-order valence-corrected chi connectivity index (χ3v) is 5.06. The number of hydrogen-bond donors (Lipinski definition) is 3. The average Bonchev–Trinajstić information content (AvgIpc) is 3.23. The Labute approximate surface area is 170 Å². The van der Waals surface area contributed by atoms with Crippen LogP contribution in [0.2, 0.25) is 0 Å². The van der Waals surface area contributed by atoms with Crippen molar-refractivity contribution in [3.05, 3.63) is 64.7 Å². The predicted octanol–water partition coefficient (Wildman–Crippen LogP) is 0.699. The Bertz CT molecular complexity index is 868. The van der Waals surface area contributed by atoms with E-state index in [4.69, 9.17) is 9.15 Å². The van der Waals surface area contributed by atoms with Crippen LogP contribution in [0.4, 0.5) is 0 Å². The lowest BCUT2D eigenvalue weighted by molar-refractivity contribution is -0.906. The number of carbonyl (C=O) groups is 2. The molecule has 2 amide bonds. The number of rotatable bonds is 7. The zero-order valence-electron chi connectivity index (χ0n) is 16.9. The summed E-state index contributed by atoms with van der Waals surface area (Å²) >= 11 is 0. The highest BCUT2D eigenvalue weighted by Gasteiger charge is 2.17. The molecule has 1 aliphatic heterocycles. The molecule has 3 rings (SSSR count). The minimum atomic E-state index is -0.341. The zero-order valence-corrected chi connectivity index (χ0v) is 16.9. The minimum Gasteiger partial charge on any atom is -0.465 e. The number of carbonyl (C=O) groups excluding carboxylic acids is 2. The minimum absolute atomic E-state index is 0.153. The van der Waals surface area contributed by atoms with Crippen LogP contribution in [0.5, 0.6) is 0 Å². The van der Waals surface area contributed by atoms with Crippen LogP contribution in [-0.2, 0) is 9.53 Å². The first-order valence-electron chi connectivity index (χ1n) is 9.86. The molecule has 0 bridgehead atoms. The van der Waals surface area contributed by atoms with Gasteiger partial charge in [0.05, 0.1) is 32.6 Å². The van der Waals surface area contributed by atoms with E-state index in [1.807, 2.05) is 26.0 Å². The highest BCUT2D eigenvalue weighted by Crippen LogP contribution is 2.11. The summed E-state index contributed by atoms with van der Waals surface area (Å²) in [7, 11) is 0. The maximum atomic E-state index is 12.7. The predicted molar refractivity (Wildman–Crippen MR) is 109 cm³/mol. The number of aryl methyl sites for hydroxylation is 2. The fraction of sp³-hybridized carbons (Fsp3) is 0.364. The highest BCUT2D eigenvalue weighted by atomic mass is 16.5. The third kappa shape index (κ3) is 6.04. The Balaban J connectivity index is 1.66. The highest BCUT2D eigenvalue weighted by molar-refractivity contribution is 6.05. The number of benzene rings is 1. The fourth-order valence-electron chi connectivity index (χ4n) is 3.11. The van der Waals surface area contributed by atoms with Crippen molar-refractivity contribution in [2.45, 2.75) is 13.8 Å². The van der Waals surface area contributed by atoms with Gasteiger partial charge in [-0.25, -0.2) is 0 Å². The summed E-state index contributed by atoms with van der Waals surface area (Å²) in [6.45, 7) is 8.65. The van der Waals surface area contributed by atoms with Gasteiger partial charge in [0.15, 0.2) is 0 Å². The van der Waals surface area contributed by atoms with E-state index in [1.54, 1.807) is 18.2 Å². The number of hydrogen-bond acceptors (Lipinski definition) is 4. The van der Waals surface area contributed by atoms with E-state index in [0.29, 0.717) is 17.9 Å². The maximum Gasteiger partial charge on any atom is 0.268 e. The van der Waals surface area contributed by atoms with E-state index < -0.39 is 0 Å². The molecule has 1 aromatic heterocycles. The number of furan rings is 1. The van der Waals surface area contributed by atoms with Crippen LogP contribution in [0.15, 0.2) is 46.7 Å². The molecular formula is C22H28N3O4+. The second kappa shape index (κ2) is 10.0. The summed E-state index contributed by atoms with van der Waals surface area (Å²) in [4.78, 5) is 26.8. The van der Waals surface area contributed by atoms with Gasteiger partial charge in [-0.2, -0.15) is 0 Å². The van der Waals surface area contributed by atoms with E-state index in [0.717, 1.165) is 44.0 Å². The normalized spacial score (nSPS) is 15.2. The Morgan fingerprint density at radius 2 is 1.93 bits per heavy atom. The van der Waals surface area contributed by atoms with Crippen LogP contribution in [0.1, 0.15) is 27.2 Å². The summed E-state index contributed by atoms with van der Waals surface area (Å²) < 4.78 is 10.7. The van der Waals surface area contributed by atoms with Crippen LogP contribution < -0.4 is 15.5 Å². The molecule has 1 saturated heterocycles. The Morgan fingerprint density at radius 1 is 1.14 bits per heavy atom. The van der Waals surface area contributed by atoms with E-state index in [2.05, 4.69) is 10.6 Å². The first-order valence-corrected chi connectivity index (χ1v) is 9.86. The number of ether oxygens (including phenoxy) is 1. The van der Waals surface area contributed by atoms with Crippen molar-refractivity contribution < 1.29 is 23.6 Å². The van der Waals surface area contributed by atoms with Gasteiger partial charge in [-0.3, -0.25) is 9.59 Å². The monoisotopic (exact) mass is 398 g/mol. The van der Waals surface area contributed by atoms with Crippen LogP contribution >= 0.6 is 0 Å². The second-order valence-corrected chi connectivity index (χ2v) is 7.19. The summed E-state index contributed by atoms with van der Waals surface area (Å²) in [6, 6.07) is 8.92. The third-order valence-electron chi connectivity index (χ3n) is 5.06. The fourth-order valence-corrected chi connectivity index (χ4v) is 3.11. The lowest BCUT2D eigenvalue weighted by Crippen LogP contribution is -3.14. The van der Waals surface area contributed by atoms with Crippen molar-refractivity contribution >= 4 is 17.9 Å². The van der Waals surface area contributed by atoms with Gasteiger partial charge in [0, 0.05) is 11.6 Å². The molecule has 3 N–H and O–H groups in total. The van der Waals surface area contributed by atoms with Crippen LogP contribution in [0, 0.1) is 13.8 Å². The molecule has 2 heterocycles. The average molecular weight is 398 g/mol. The molecular weight excluding hydrogens is 370 g/mol. The van der Waals surface area contributed by atoms with Gasteiger partial charge in [-0.05, 0) is 49.2 Å². The Morgan fingerprint density at radius 3 is 2.62 bits per heavy atom. The SMILES string of the molecule is Cc1ccc(C(=O)N/C(=C\c2ccco2)C(=O)NCC[NH+]2CCOCC2)cc1C. The smallest absolute Gasteiger partial charge is 0.268 e. The van der Waals surface area contributed by atoms with E-state index in [1.165, 1.54) is 17.2 Å². The molecule has 1 aromatic carbocycles. The molecule has 1 fully saturated rings. The molecule has 7 heteroatoms. The zero-order chi connectivity index (χ0) is 20.6. The topological polar surface area (TPSA) is 85.0 Å². The standard InChI is InChI=1S/C22H27N3O4/c1-16-5-6-18(14-17(16)2)21(26)24-20(15-19-4-3-11-29-19)22(27)23-7-8-25-9-12-28-13-10-25/h3-6,11,14-15H,7-10,12-13H2,1-2H3,(H,23,27)(H,24,26)/p+1/b20-15-. The van der Waals surface area contributed by atoms with Crippen molar-refractivity contribution in [1.29, 1.82) is 0 Å². The van der Waals surface area contributed by atoms with Gasteiger partial charge in [-0.15, -0.1) is 0 Å². The van der Waals surface area contributed by atoms with Crippen LogP contribution in [0.25, 0.3) is 6.08 Å². The van der Waals surface area contributed by atoms with Gasteiger partial charge in [-0.1, -0.05) is 6.07 Å². The molecule has 154 valence electrons. The van der Waals surface area contributed by atoms with E-state index in [9.17, 15) is 9.59 Å². The molecule has 0 radical (unpaired) electrons. The number of quaternary nitrogens is 1. The molecule has 29 heavy (non-hydrogen) atoms. The molecule has 0 aliphatic carbocycles. The van der Waals surface area contributed by atoms with Crippen molar-refractivity contribution in [3.8, 4) is 0 Å². The largest absolute Gasteiger partial charge is 0.465 e. The molecule has 0 unspecified atom stereocenters. The lowest BCUT2D eigenvalue weighted by atomic mass is 10.1.